The molecule has 3 N–H and O–H groups in total. The number of hydrogen-bond donors (Lipinski definition) is 2. The van der Waals surface area contributed by atoms with Crippen LogP contribution in [0.3, 0.4) is 0 Å². The fourth-order valence-electron chi connectivity index (χ4n) is 1.03. The van der Waals surface area contributed by atoms with Gasteiger partial charge in [-0.25, -0.2) is 4.98 Å². The molecule has 0 amide bonds. The molecule has 0 aliphatic rings. The summed E-state index contributed by atoms with van der Waals surface area (Å²) in [5, 5.41) is 6.41. The van der Waals surface area contributed by atoms with Crippen LogP contribution >= 0.6 is 22.9 Å². The second-order valence-electron chi connectivity index (χ2n) is 2.70. The van der Waals surface area contributed by atoms with Gasteiger partial charge in [-0.1, -0.05) is 11.6 Å². The zero-order chi connectivity index (χ0) is 9.97. The van der Waals surface area contributed by atoms with Crippen molar-refractivity contribution in [2.24, 2.45) is 0 Å². The number of nitrogens with two attached hydrogens (primary N) is 1. The van der Waals surface area contributed by atoms with Gasteiger partial charge < -0.3 is 11.1 Å². The average Bonchev–Trinajstić information content (AvgIpc) is 2.62. The van der Waals surface area contributed by atoms with Gasteiger partial charge in [0.2, 0.25) is 0 Å². The first kappa shape index (κ1) is 9.30. The molecule has 0 aliphatic heterocycles. The molecule has 14 heavy (non-hydrogen) atoms. The van der Waals surface area contributed by atoms with Gasteiger partial charge >= 0.3 is 0 Å². The Kier molecular flexibility index (Phi) is 2.56. The van der Waals surface area contributed by atoms with E-state index in [9.17, 15) is 0 Å². The molecule has 2 aromatic rings. The Morgan fingerprint density at radius 1 is 1.43 bits per heavy atom. The molecule has 0 spiro atoms. The number of anilines is 3. The van der Waals surface area contributed by atoms with E-state index in [2.05, 4.69) is 10.3 Å². The maximum atomic E-state index is 5.98. The maximum absolute atomic E-state index is 5.98. The van der Waals surface area contributed by atoms with E-state index in [1.165, 1.54) is 11.3 Å². The van der Waals surface area contributed by atoms with E-state index in [4.69, 9.17) is 17.3 Å². The summed E-state index contributed by atoms with van der Waals surface area (Å²) < 4.78 is 0. The summed E-state index contributed by atoms with van der Waals surface area (Å²) in [6, 6.07) is 5.33. The zero-order valence-corrected chi connectivity index (χ0v) is 8.77. The summed E-state index contributed by atoms with van der Waals surface area (Å²) in [4.78, 5) is 4.09. The third-order valence-electron chi connectivity index (χ3n) is 1.67. The number of nitrogen functional groups attached to an aromatic ring is 1. The molecule has 0 saturated carbocycles. The van der Waals surface area contributed by atoms with Gasteiger partial charge in [0.15, 0.2) is 5.13 Å². The van der Waals surface area contributed by atoms with Crippen LogP contribution in [0.2, 0.25) is 5.02 Å². The Bertz CT molecular complexity index is 428. The number of nitrogens with zero attached hydrogens (tertiary/aromatic N) is 1. The molecular weight excluding hydrogens is 218 g/mol. The zero-order valence-electron chi connectivity index (χ0n) is 7.20. The van der Waals surface area contributed by atoms with Crippen molar-refractivity contribution < 1.29 is 0 Å². The Balaban J connectivity index is 2.25. The second-order valence-corrected chi connectivity index (χ2v) is 4.00. The van der Waals surface area contributed by atoms with Crippen LogP contribution in [0.25, 0.3) is 0 Å². The number of aromatic nitrogens is 1. The van der Waals surface area contributed by atoms with E-state index in [0.29, 0.717) is 10.7 Å². The lowest BCUT2D eigenvalue weighted by Gasteiger charge is -2.05. The first-order valence-electron chi connectivity index (χ1n) is 3.97. The van der Waals surface area contributed by atoms with Gasteiger partial charge in [0.25, 0.3) is 0 Å². The molecule has 3 nitrogen and oxygen atoms in total. The van der Waals surface area contributed by atoms with E-state index in [0.717, 1.165) is 10.8 Å². The first-order valence-corrected chi connectivity index (χ1v) is 5.23. The van der Waals surface area contributed by atoms with Crippen molar-refractivity contribution in [3.63, 3.8) is 0 Å². The predicted molar refractivity (Wildman–Crippen MR) is 61.3 cm³/mol. The van der Waals surface area contributed by atoms with Crippen LogP contribution < -0.4 is 11.1 Å². The molecule has 72 valence electrons. The van der Waals surface area contributed by atoms with Crippen molar-refractivity contribution in [3.05, 3.63) is 34.8 Å². The second kappa shape index (κ2) is 3.86. The quantitative estimate of drug-likeness (QED) is 0.773. The molecule has 0 aliphatic carbocycles. The lowest BCUT2D eigenvalue weighted by molar-refractivity contribution is 1.39. The fourth-order valence-corrected chi connectivity index (χ4v) is 1.81. The van der Waals surface area contributed by atoms with Crippen molar-refractivity contribution in [1.82, 2.24) is 4.98 Å². The van der Waals surface area contributed by atoms with Crippen molar-refractivity contribution in [2.45, 2.75) is 0 Å². The highest BCUT2D eigenvalue weighted by Crippen LogP contribution is 2.27. The minimum Gasteiger partial charge on any atom is -0.399 e. The van der Waals surface area contributed by atoms with Gasteiger partial charge in [-0.15, -0.1) is 11.3 Å². The van der Waals surface area contributed by atoms with Crippen LogP contribution in [0.15, 0.2) is 29.8 Å². The minimum absolute atomic E-state index is 0.597. The molecule has 0 atom stereocenters. The van der Waals surface area contributed by atoms with Gasteiger partial charge in [0.05, 0.1) is 10.7 Å². The first-order chi connectivity index (χ1) is 6.75. The molecule has 0 saturated heterocycles. The Morgan fingerprint density at radius 3 is 2.93 bits per heavy atom. The van der Waals surface area contributed by atoms with Gasteiger partial charge in [-0.05, 0) is 18.2 Å². The van der Waals surface area contributed by atoms with Gasteiger partial charge in [0, 0.05) is 17.3 Å². The molecule has 0 bridgehead atoms. The van der Waals surface area contributed by atoms with E-state index in [1.807, 2.05) is 11.4 Å². The molecule has 0 fully saturated rings. The summed E-state index contributed by atoms with van der Waals surface area (Å²) in [5.74, 6) is 0. The van der Waals surface area contributed by atoms with Crippen LogP contribution in [-0.2, 0) is 0 Å². The summed E-state index contributed by atoms with van der Waals surface area (Å²) in [7, 11) is 0. The number of halogens is 1. The van der Waals surface area contributed by atoms with E-state index in [1.54, 1.807) is 18.3 Å². The summed E-state index contributed by atoms with van der Waals surface area (Å²) >= 11 is 7.50. The van der Waals surface area contributed by atoms with Crippen molar-refractivity contribution in [1.29, 1.82) is 0 Å². The highest BCUT2D eigenvalue weighted by molar-refractivity contribution is 7.13. The average molecular weight is 226 g/mol. The smallest absolute Gasteiger partial charge is 0.187 e. The van der Waals surface area contributed by atoms with Crippen molar-refractivity contribution in [3.8, 4) is 0 Å². The Morgan fingerprint density at radius 2 is 2.29 bits per heavy atom. The molecule has 1 heterocycles. The number of benzene rings is 1. The number of nitrogens with one attached hydrogen (secondary N) is 1. The molecule has 1 aromatic heterocycles. The largest absolute Gasteiger partial charge is 0.399 e. The summed E-state index contributed by atoms with van der Waals surface area (Å²) in [6.07, 6.45) is 1.73. The molecule has 5 heteroatoms. The van der Waals surface area contributed by atoms with E-state index < -0.39 is 0 Å². The van der Waals surface area contributed by atoms with Crippen LogP contribution in [0, 0.1) is 0 Å². The lowest BCUT2D eigenvalue weighted by Crippen LogP contribution is -1.91. The summed E-state index contributed by atoms with van der Waals surface area (Å²) in [5.41, 5.74) is 7.04. The summed E-state index contributed by atoms with van der Waals surface area (Å²) in [6.45, 7) is 0. The Hall–Kier alpha value is -1.26. The standard InChI is InChI=1S/C9H8ClN3S/c10-7-5-6(11)1-2-8(7)13-9-12-3-4-14-9/h1-5H,11H2,(H,12,13). The van der Waals surface area contributed by atoms with Gasteiger partial charge in [-0.3, -0.25) is 0 Å². The van der Waals surface area contributed by atoms with Crippen molar-refractivity contribution in [2.75, 3.05) is 11.1 Å². The molecule has 2 rings (SSSR count). The van der Waals surface area contributed by atoms with Crippen LogP contribution in [0.4, 0.5) is 16.5 Å². The van der Waals surface area contributed by atoms with E-state index >= 15 is 0 Å². The topological polar surface area (TPSA) is 50.9 Å². The highest BCUT2D eigenvalue weighted by Gasteiger charge is 2.01. The monoisotopic (exact) mass is 225 g/mol. The Labute approximate surface area is 90.5 Å². The SMILES string of the molecule is Nc1ccc(Nc2nccs2)c(Cl)c1. The minimum atomic E-state index is 0.597. The third-order valence-corrected chi connectivity index (χ3v) is 2.67. The van der Waals surface area contributed by atoms with Gasteiger partial charge in [-0.2, -0.15) is 0 Å². The van der Waals surface area contributed by atoms with Crippen LogP contribution in [-0.4, -0.2) is 4.98 Å². The third kappa shape index (κ3) is 1.97. The molecule has 0 unspecified atom stereocenters. The molecule has 0 radical (unpaired) electrons. The lowest BCUT2D eigenvalue weighted by atomic mass is 10.3. The normalized spacial score (nSPS) is 10.1. The van der Waals surface area contributed by atoms with Crippen LogP contribution in [0.1, 0.15) is 0 Å². The highest BCUT2D eigenvalue weighted by atomic mass is 35.5. The predicted octanol–water partition coefficient (Wildman–Crippen LogP) is 3.12. The number of thiazole rings is 1. The number of hydrogen-bond acceptors (Lipinski definition) is 4. The number of rotatable bonds is 2. The van der Waals surface area contributed by atoms with Crippen molar-refractivity contribution >= 4 is 39.4 Å². The van der Waals surface area contributed by atoms with Crippen LogP contribution in [0.5, 0.6) is 0 Å². The van der Waals surface area contributed by atoms with E-state index in [-0.39, 0.29) is 0 Å². The molecule has 1 aromatic carbocycles. The maximum Gasteiger partial charge on any atom is 0.187 e. The fraction of sp³-hybridized carbons (Fsp3) is 0. The molecular formula is C9H8ClN3S. The van der Waals surface area contributed by atoms with Gasteiger partial charge in [0.1, 0.15) is 0 Å².